The second-order valence-electron chi connectivity index (χ2n) is 7.19. The fourth-order valence-electron chi connectivity index (χ4n) is 3.25. The summed E-state index contributed by atoms with van der Waals surface area (Å²) in [6, 6.07) is 7.87. The van der Waals surface area contributed by atoms with E-state index in [-0.39, 0.29) is 18.1 Å². The number of halogens is 1. The maximum absolute atomic E-state index is 11.9. The van der Waals surface area contributed by atoms with Crippen molar-refractivity contribution in [1.29, 1.82) is 0 Å². The maximum Gasteiger partial charge on any atom is 0.234 e. The lowest BCUT2D eigenvalue weighted by Crippen LogP contribution is -2.54. The molecule has 0 radical (unpaired) electrons. The van der Waals surface area contributed by atoms with Crippen LogP contribution in [0, 0.1) is 0 Å². The van der Waals surface area contributed by atoms with Gasteiger partial charge in [0.1, 0.15) is 0 Å². The number of carbonyl (C=O) groups excluding carboxylic acids is 1. The van der Waals surface area contributed by atoms with Crippen molar-refractivity contribution in [2.45, 2.75) is 26.0 Å². The number of methoxy groups -OCH3 is 1. The molecule has 0 spiro atoms. The largest absolute Gasteiger partial charge is 0.375 e. The van der Waals surface area contributed by atoms with Crippen LogP contribution in [-0.4, -0.2) is 81.1 Å². The third-order valence-electron chi connectivity index (χ3n) is 4.65. The summed E-state index contributed by atoms with van der Waals surface area (Å²) in [5.74, 6) is 0.922. The van der Waals surface area contributed by atoms with Crippen LogP contribution in [0.1, 0.15) is 25.5 Å². The first-order chi connectivity index (χ1) is 13.4. The highest BCUT2D eigenvalue weighted by Crippen LogP contribution is 2.19. The number of aliphatic imine (C=N–C) groups is 1. The predicted octanol–water partition coefficient (Wildman–Crippen LogP) is 1.75. The Hall–Kier alpha value is -1.83. The smallest absolute Gasteiger partial charge is 0.234 e. The van der Waals surface area contributed by atoms with Gasteiger partial charge < -0.3 is 20.3 Å². The highest BCUT2D eigenvalue weighted by molar-refractivity contribution is 6.30. The van der Waals surface area contributed by atoms with Crippen LogP contribution >= 0.6 is 11.6 Å². The van der Waals surface area contributed by atoms with Crippen molar-refractivity contribution < 1.29 is 9.53 Å². The number of hydrogen-bond acceptors (Lipinski definition) is 4. The van der Waals surface area contributed by atoms with E-state index in [2.05, 4.69) is 25.4 Å². The molecular formula is C20H32ClN5O2. The summed E-state index contributed by atoms with van der Waals surface area (Å²) in [4.78, 5) is 20.7. The Labute approximate surface area is 173 Å². The van der Waals surface area contributed by atoms with E-state index in [1.807, 2.05) is 38.1 Å². The van der Waals surface area contributed by atoms with Crippen molar-refractivity contribution in [1.82, 2.24) is 20.4 Å². The van der Waals surface area contributed by atoms with Gasteiger partial charge in [0.05, 0.1) is 12.6 Å². The molecule has 1 aromatic rings. The number of nitrogens with zero attached hydrogens (tertiary/aromatic N) is 3. The lowest BCUT2D eigenvalue weighted by atomic mass is 10.1. The average molecular weight is 410 g/mol. The average Bonchev–Trinajstić information content (AvgIpc) is 2.65. The van der Waals surface area contributed by atoms with Crippen molar-refractivity contribution in [3.63, 3.8) is 0 Å². The molecule has 1 aliphatic rings. The molecule has 1 amide bonds. The quantitative estimate of drug-likeness (QED) is 0.530. The molecule has 1 heterocycles. The van der Waals surface area contributed by atoms with Crippen LogP contribution in [0.3, 0.4) is 0 Å². The fourth-order valence-corrected chi connectivity index (χ4v) is 3.45. The molecule has 7 nitrogen and oxygen atoms in total. The highest BCUT2D eigenvalue weighted by atomic mass is 35.5. The van der Waals surface area contributed by atoms with Gasteiger partial charge in [-0.15, -0.1) is 0 Å². The molecule has 1 unspecified atom stereocenters. The van der Waals surface area contributed by atoms with Crippen LogP contribution in [0.2, 0.25) is 5.02 Å². The van der Waals surface area contributed by atoms with Crippen LogP contribution in [0.4, 0.5) is 0 Å². The number of hydrogen-bond donors (Lipinski definition) is 2. The van der Waals surface area contributed by atoms with E-state index in [9.17, 15) is 4.79 Å². The lowest BCUT2D eigenvalue weighted by Gasteiger charge is -2.36. The van der Waals surface area contributed by atoms with Crippen molar-refractivity contribution >= 4 is 23.5 Å². The van der Waals surface area contributed by atoms with E-state index in [4.69, 9.17) is 16.3 Å². The summed E-state index contributed by atoms with van der Waals surface area (Å²) in [6.07, 6.45) is -0.114. The van der Waals surface area contributed by atoms with Crippen LogP contribution in [0.5, 0.6) is 0 Å². The molecule has 0 saturated carbocycles. The number of guanidine groups is 1. The van der Waals surface area contributed by atoms with E-state index in [0.29, 0.717) is 18.1 Å². The minimum atomic E-state index is -0.114. The third-order valence-corrected chi connectivity index (χ3v) is 4.89. The molecule has 1 fully saturated rings. The first kappa shape index (κ1) is 22.5. The predicted molar refractivity (Wildman–Crippen MR) is 114 cm³/mol. The topological polar surface area (TPSA) is 69.2 Å². The molecule has 1 saturated heterocycles. The minimum absolute atomic E-state index is 0.0791. The molecular weight excluding hydrogens is 378 g/mol. The number of benzene rings is 1. The van der Waals surface area contributed by atoms with Crippen molar-refractivity contribution in [2.24, 2.45) is 4.99 Å². The van der Waals surface area contributed by atoms with E-state index < -0.39 is 0 Å². The van der Waals surface area contributed by atoms with Crippen molar-refractivity contribution in [3.8, 4) is 0 Å². The van der Waals surface area contributed by atoms with Crippen LogP contribution < -0.4 is 10.6 Å². The molecule has 28 heavy (non-hydrogen) atoms. The molecule has 1 aromatic carbocycles. The van der Waals surface area contributed by atoms with E-state index in [1.54, 1.807) is 14.2 Å². The zero-order valence-corrected chi connectivity index (χ0v) is 18.0. The Morgan fingerprint density at radius 1 is 1.29 bits per heavy atom. The Kier molecular flexibility index (Phi) is 9.02. The van der Waals surface area contributed by atoms with Crippen LogP contribution in [0.25, 0.3) is 0 Å². The first-order valence-corrected chi connectivity index (χ1v) is 10.1. The minimum Gasteiger partial charge on any atom is -0.375 e. The van der Waals surface area contributed by atoms with Crippen molar-refractivity contribution in [2.75, 3.05) is 53.4 Å². The van der Waals surface area contributed by atoms with Gasteiger partial charge in [-0.25, -0.2) is 0 Å². The second kappa shape index (κ2) is 11.2. The van der Waals surface area contributed by atoms with Crippen molar-refractivity contribution in [3.05, 3.63) is 34.9 Å². The van der Waals surface area contributed by atoms with Gasteiger partial charge >= 0.3 is 0 Å². The summed E-state index contributed by atoms with van der Waals surface area (Å²) in [6.45, 7) is 8.29. The van der Waals surface area contributed by atoms with Gasteiger partial charge in [0, 0.05) is 57.9 Å². The molecule has 2 N–H and O–H groups in total. The third kappa shape index (κ3) is 6.96. The number of carbonyl (C=O) groups is 1. The Morgan fingerprint density at radius 3 is 2.57 bits per heavy atom. The summed E-state index contributed by atoms with van der Waals surface area (Å²) in [7, 11) is 3.48. The molecule has 0 aliphatic carbocycles. The number of piperazine rings is 1. The molecule has 156 valence electrons. The molecule has 2 rings (SSSR count). The maximum atomic E-state index is 11.9. The van der Waals surface area contributed by atoms with Gasteiger partial charge in [0.15, 0.2) is 5.96 Å². The van der Waals surface area contributed by atoms with Gasteiger partial charge in [0.25, 0.3) is 0 Å². The number of ether oxygens (including phenoxy) is 1. The van der Waals surface area contributed by atoms with Gasteiger partial charge in [0.2, 0.25) is 5.91 Å². The molecule has 1 aliphatic heterocycles. The molecule has 1 atom stereocenters. The summed E-state index contributed by atoms with van der Waals surface area (Å²) < 4.78 is 5.62. The fraction of sp³-hybridized carbons (Fsp3) is 0.600. The van der Waals surface area contributed by atoms with Gasteiger partial charge in [-0.2, -0.15) is 0 Å². The Bertz CT molecular complexity index is 660. The zero-order valence-electron chi connectivity index (χ0n) is 17.2. The van der Waals surface area contributed by atoms with E-state index in [1.165, 1.54) is 0 Å². The standard InChI is InChI=1S/C20H32ClN5O2/c1-15(2)24-19(27)14-25-8-10-26(11-9-25)20(22-3)23-13-18(28-4)16-6-5-7-17(21)12-16/h5-7,12,15,18H,8-11,13-14H2,1-4H3,(H,22,23)(H,24,27). The monoisotopic (exact) mass is 409 g/mol. The zero-order chi connectivity index (χ0) is 20.5. The second-order valence-corrected chi connectivity index (χ2v) is 7.63. The lowest BCUT2D eigenvalue weighted by molar-refractivity contribution is -0.123. The summed E-state index contributed by atoms with van der Waals surface area (Å²) in [5.41, 5.74) is 1.03. The number of amides is 1. The Balaban J connectivity index is 1.83. The SMILES string of the molecule is CN=C(NCC(OC)c1cccc(Cl)c1)N1CCN(CC(=O)NC(C)C)CC1. The molecule has 8 heteroatoms. The Morgan fingerprint density at radius 2 is 2.00 bits per heavy atom. The van der Waals surface area contributed by atoms with Gasteiger partial charge in [-0.1, -0.05) is 23.7 Å². The number of nitrogens with one attached hydrogen (secondary N) is 2. The summed E-state index contributed by atoms with van der Waals surface area (Å²) in [5, 5.41) is 7.04. The first-order valence-electron chi connectivity index (χ1n) is 9.68. The number of rotatable bonds is 7. The summed E-state index contributed by atoms with van der Waals surface area (Å²) >= 11 is 6.09. The normalized spacial score (nSPS) is 16.9. The van der Waals surface area contributed by atoms with Gasteiger partial charge in [-0.3, -0.25) is 14.7 Å². The van der Waals surface area contributed by atoms with E-state index >= 15 is 0 Å². The molecule has 0 aromatic heterocycles. The van der Waals surface area contributed by atoms with Crippen LogP contribution in [-0.2, 0) is 9.53 Å². The van der Waals surface area contributed by atoms with Crippen LogP contribution in [0.15, 0.2) is 29.3 Å². The van der Waals surface area contributed by atoms with E-state index in [0.717, 1.165) is 37.7 Å². The van der Waals surface area contributed by atoms with Gasteiger partial charge in [-0.05, 0) is 31.5 Å². The highest BCUT2D eigenvalue weighted by Gasteiger charge is 2.22. The molecule has 0 bridgehead atoms.